The highest BCUT2D eigenvalue weighted by molar-refractivity contribution is 6.07. The highest BCUT2D eigenvalue weighted by atomic mass is 16.5. The zero-order chi connectivity index (χ0) is 23.4. The fraction of sp³-hybridized carbons (Fsp3) is 0.160. The molecule has 0 saturated heterocycles. The molecule has 0 atom stereocenters. The molecule has 4 aromatic rings. The fourth-order valence-electron chi connectivity index (χ4n) is 3.53. The highest BCUT2D eigenvalue weighted by Gasteiger charge is 2.12. The summed E-state index contributed by atoms with van der Waals surface area (Å²) in [5, 5.41) is 9.83. The number of aromatic nitrogens is 2. The number of aryl methyl sites for hydroxylation is 2. The number of urea groups is 1. The molecule has 1 aromatic heterocycles. The summed E-state index contributed by atoms with van der Waals surface area (Å²) < 4.78 is 10.7. The third-order valence-electron chi connectivity index (χ3n) is 5.16. The molecule has 8 nitrogen and oxygen atoms in total. The van der Waals surface area contributed by atoms with Gasteiger partial charge in [-0.05, 0) is 37.6 Å². The summed E-state index contributed by atoms with van der Waals surface area (Å²) in [7, 11) is 3.19. The molecule has 0 unspecified atom stereocenters. The van der Waals surface area contributed by atoms with Crippen molar-refractivity contribution in [2.24, 2.45) is 0 Å². The van der Waals surface area contributed by atoms with Gasteiger partial charge in [0.1, 0.15) is 23.6 Å². The molecule has 2 amide bonds. The molecule has 0 saturated carbocycles. The number of para-hydroxylation sites is 1. The molecule has 0 aliphatic rings. The van der Waals surface area contributed by atoms with E-state index in [1.54, 1.807) is 26.4 Å². The van der Waals surface area contributed by atoms with Crippen LogP contribution in [-0.4, -0.2) is 30.2 Å². The van der Waals surface area contributed by atoms with E-state index in [4.69, 9.17) is 9.47 Å². The Morgan fingerprint density at radius 3 is 2.27 bits per heavy atom. The third kappa shape index (κ3) is 4.95. The number of amides is 2. The predicted molar refractivity (Wildman–Crippen MR) is 131 cm³/mol. The van der Waals surface area contributed by atoms with Gasteiger partial charge in [-0.2, -0.15) is 0 Å². The van der Waals surface area contributed by atoms with Crippen molar-refractivity contribution in [1.82, 2.24) is 9.97 Å². The van der Waals surface area contributed by atoms with Gasteiger partial charge in [0.15, 0.2) is 0 Å². The fourth-order valence-corrected chi connectivity index (χ4v) is 3.53. The van der Waals surface area contributed by atoms with Crippen LogP contribution in [0.4, 0.5) is 27.7 Å². The zero-order valence-corrected chi connectivity index (χ0v) is 18.9. The molecule has 3 N–H and O–H groups in total. The Balaban J connectivity index is 1.61. The van der Waals surface area contributed by atoms with E-state index in [1.807, 2.05) is 56.3 Å². The minimum Gasteiger partial charge on any atom is -0.497 e. The van der Waals surface area contributed by atoms with Crippen LogP contribution < -0.4 is 25.4 Å². The normalized spacial score (nSPS) is 10.5. The molecule has 1 heterocycles. The summed E-state index contributed by atoms with van der Waals surface area (Å²) in [4.78, 5) is 21.5. The Hall–Kier alpha value is -4.33. The number of ether oxygens (including phenoxy) is 2. The maximum absolute atomic E-state index is 12.7. The first kappa shape index (κ1) is 21.9. The van der Waals surface area contributed by atoms with Crippen LogP contribution in [0.1, 0.15) is 11.1 Å². The largest absolute Gasteiger partial charge is 0.497 e. The van der Waals surface area contributed by atoms with Gasteiger partial charge < -0.3 is 25.4 Å². The molecule has 3 aromatic carbocycles. The standard InChI is InChI=1S/C25H25N5O3/c1-15-8-9-21(16(2)10-15)29-25(31)30-22-7-5-6-20-23(22)26-14-27-24(20)28-17-11-18(32-3)13-19(12-17)33-4/h5-14H,1-4H3,(H,26,27,28)(H2,29,30,31). The van der Waals surface area contributed by atoms with Crippen LogP contribution in [0.5, 0.6) is 11.5 Å². The number of carbonyl (C=O) groups excluding carboxylic acids is 1. The Morgan fingerprint density at radius 1 is 0.848 bits per heavy atom. The number of hydrogen-bond donors (Lipinski definition) is 3. The van der Waals surface area contributed by atoms with Gasteiger partial charge in [0.2, 0.25) is 0 Å². The van der Waals surface area contributed by atoms with Crippen LogP contribution >= 0.6 is 0 Å². The Morgan fingerprint density at radius 2 is 1.58 bits per heavy atom. The monoisotopic (exact) mass is 443 g/mol. The average Bonchev–Trinajstić information content (AvgIpc) is 2.81. The number of carbonyl (C=O) groups is 1. The van der Waals surface area contributed by atoms with Crippen LogP contribution in [0.15, 0.2) is 60.9 Å². The Kier molecular flexibility index (Phi) is 6.26. The van der Waals surface area contributed by atoms with Crippen LogP contribution in [0.2, 0.25) is 0 Å². The summed E-state index contributed by atoms with van der Waals surface area (Å²) >= 11 is 0. The van der Waals surface area contributed by atoms with Gasteiger partial charge in [-0.3, -0.25) is 0 Å². The first-order valence-electron chi connectivity index (χ1n) is 10.4. The molecule has 33 heavy (non-hydrogen) atoms. The number of fused-ring (bicyclic) bond motifs is 1. The molecule has 168 valence electrons. The smallest absolute Gasteiger partial charge is 0.323 e. The van der Waals surface area contributed by atoms with E-state index in [1.165, 1.54) is 6.33 Å². The second kappa shape index (κ2) is 9.44. The van der Waals surface area contributed by atoms with E-state index in [9.17, 15) is 4.79 Å². The first-order chi connectivity index (χ1) is 16.0. The van der Waals surface area contributed by atoms with Gasteiger partial charge in [0.25, 0.3) is 0 Å². The van der Waals surface area contributed by atoms with Crippen LogP contribution in [0.3, 0.4) is 0 Å². The lowest BCUT2D eigenvalue weighted by atomic mass is 10.1. The number of nitrogens with zero attached hydrogens (tertiary/aromatic N) is 2. The van der Waals surface area contributed by atoms with E-state index >= 15 is 0 Å². The van der Waals surface area contributed by atoms with Crippen molar-refractivity contribution in [3.05, 3.63) is 72.1 Å². The second-order valence-corrected chi connectivity index (χ2v) is 7.55. The average molecular weight is 444 g/mol. The minimum absolute atomic E-state index is 0.347. The van der Waals surface area contributed by atoms with Crippen LogP contribution in [0.25, 0.3) is 10.9 Å². The lowest BCUT2D eigenvalue weighted by Crippen LogP contribution is -2.20. The SMILES string of the molecule is COc1cc(Nc2ncnc3c(NC(=O)Nc4ccc(C)cc4C)cccc23)cc(OC)c1. The number of rotatable bonds is 6. The summed E-state index contributed by atoms with van der Waals surface area (Å²) in [6.45, 7) is 3.97. The van der Waals surface area contributed by atoms with Crippen molar-refractivity contribution >= 4 is 39.8 Å². The Labute approximate surface area is 192 Å². The summed E-state index contributed by atoms with van der Waals surface area (Å²) in [6.07, 6.45) is 1.45. The first-order valence-corrected chi connectivity index (χ1v) is 10.4. The molecule has 0 aliphatic carbocycles. The molecule has 0 radical (unpaired) electrons. The third-order valence-corrected chi connectivity index (χ3v) is 5.16. The van der Waals surface area contributed by atoms with Crippen molar-refractivity contribution < 1.29 is 14.3 Å². The maximum Gasteiger partial charge on any atom is 0.323 e. The van der Waals surface area contributed by atoms with Crippen molar-refractivity contribution in [3.8, 4) is 11.5 Å². The molecular weight excluding hydrogens is 418 g/mol. The summed E-state index contributed by atoms with van der Waals surface area (Å²) in [5.41, 5.74) is 4.81. The van der Waals surface area contributed by atoms with Crippen molar-refractivity contribution in [3.63, 3.8) is 0 Å². The van der Waals surface area contributed by atoms with Gasteiger partial charge in [-0.1, -0.05) is 23.8 Å². The Bertz CT molecular complexity index is 1300. The van der Waals surface area contributed by atoms with Gasteiger partial charge in [-0.15, -0.1) is 0 Å². The molecule has 8 heteroatoms. The highest BCUT2D eigenvalue weighted by Crippen LogP contribution is 2.31. The molecule has 0 spiro atoms. The number of hydrogen-bond acceptors (Lipinski definition) is 6. The second-order valence-electron chi connectivity index (χ2n) is 7.55. The van der Waals surface area contributed by atoms with Crippen molar-refractivity contribution in [1.29, 1.82) is 0 Å². The van der Waals surface area contributed by atoms with Gasteiger partial charge in [0, 0.05) is 35.0 Å². The molecule has 0 bridgehead atoms. The van der Waals surface area contributed by atoms with E-state index < -0.39 is 0 Å². The van der Waals surface area contributed by atoms with Crippen molar-refractivity contribution in [2.45, 2.75) is 13.8 Å². The van der Waals surface area contributed by atoms with E-state index in [2.05, 4.69) is 25.9 Å². The van der Waals surface area contributed by atoms with Gasteiger partial charge in [0.05, 0.1) is 25.4 Å². The molecule has 0 aliphatic heterocycles. The molecule has 4 rings (SSSR count). The van der Waals surface area contributed by atoms with Crippen molar-refractivity contribution in [2.75, 3.05) is 30.2 Å². The quantitative estimate of drug-likeness (QED) is 0.356. The topological polar surface area (TPSA) is 97.4 Å². The number of anilines is 4. The number of methoxy groups -OCH3 is 2. The van der Waals surface area contributed by atoms with Crippen LogP contribution in [0, 0.1) is 13.8 Å². The van der Waals surface area contributed by atoms with Gasteiger partial charge in [-0.25, -0.2) is 14.8 Å². The zero-order valence-electron chi connectivity index (χ0n) is 18.9. The van der Waals surface area contributed by atoms with E-state index in [0.717, 1.165) is 27.9 Å². The number of nitrogens with one attached hydrogen (secondary N) is 3. The maximum atomic E-state index is 12.7. The summed E-state index contributed by atoms with van der Waals surface area (Å²) in [5.74, 6) is 1.90. The lowest BCUT2D eigenvalue weighted by Gasteiger charge is -2.14. The van der Waals surface area contributed by atoms with Crippen LogP contribution in [-0.2, 0) is 0 Å². The molecular formula is C25H25N5O3. The van der Waals surface area contributed by atoms with E-state index in [-0.39, 0.29) is 6.03 Å². The van der Waals surface area contributed by atoms with Gasteiger partial charge >= 0.3 is 6.03 Å². The summed E-state index contributed by atoms with van der Waals surface area (Å²) in [6, 6.07) is 16.5. The van der Waals surface area contributed by atoms with E-state index in [0.29, 0.717) is 28.5 Å². The minimum atomic E-state index is -0.347. The predicted octanol–water partition coefficient (Wildman–Crippen LogP) is 5.65. The number of benzene rings is 3. The molecule has 0 fully saturated rings. The lowest BCUT2D eigenvalue weighted by molar-refractivity contribution is 0.262.